The third-order valence-electron chi connectivity index (χ3n) is 4.30. The van der Waals surface area contributed by atoms with Crippen molar-refractivity contribution < 1.29 is 9.53 Å². The fraction of sp³-hybridized carbons (Fsp3) is 0.444. The molecule has 1 aliphatic rings. The van der Waals surface area contributed by atoms with Gasteiger partial charge in [-0.2, -0.15) is 0 Å². The van der Waals surface area contributed by atoms with Crippen molar-refractivity contribution in [1.82, 2.24) is 4.98 Å². The lowest BCUT2D eigenvalue weighted by Gasteiger charge is -2.14. The van der Waals surface area contributed by atoms with Gasteiger partial charge >= 0.3 is 0 Å². The molecule has 23 heavy (non-hydrogen) atoms. The van der Waals surface area contributed by atoms with Gasteiger partial charge in [-0.1, -0.05) is 18.2 Å². The monoisotopic (exact) mass is 330 g/mol. The number of carbonyl (C=O) groups excluding carboxylic acids is 1. The zero-order chi connectivity index (χ0) is 16.2. The first kappa shape index (κ1) is 16.0. The number of fused-ring (bicyclic) bond motifs is 1. The second kappa shape index (κ2) is 7.13. The summed E-state index contributed by atoms with van der Waals surface area (Å²) in [7, 11) is 3.49. The van der Waals surface area contributed by atoms with E-state index in [0.29, 0.717) is 12.8 Å². The number of aromatic nitrogens is 1. The van der Waals surface area contributed by atoms with Crippen molar-refractivity contribution in [1.29, 1.82) is 0 Å². The van der Waals surface area contributed by atoms with Gasteiger partial charge in [0.25, 0.3) is 0 Å². The Hall–Kier alpha value is -1.88. The molecule has 122 valence electrons. The Morgan fingerprint density at radius 1 is 1.30 bits per heavy atom. The molecule has 1 aliphatic carbocycles. The SMILES string of the molecule is COc1ccccc1CCC(=O)N(C)c1nc2c(s1)CCCC2. The third kappa shape index (κ3) is 3.55. The van der Waals surface area contributed by atoms with Gasteiger partial charge in [0.05, 0.1) is 12.8 Å². The quantitative estimate of drug-likeness (QED) is 0.841. The minimum absolute atomic E-state index is 0.0991. The Bertz CT molecular complexity index is 673. The summed E-state index contributed by atoms with van der Waals surface area (Å²) in [6.07, 6.45) is 5.74. The van der Waals surface area contributed by atoms with E-state index in [-0.39, 0.29) is 5.91 Å². The summed E-state index contributed by atoms with van der Waals surface area (Å²) in [4.78, 5) is 20.2. The average Bonchev–Trinajstić information content (AvgIpc) is 3.03. The summed E-state index contributed by atoms with van der Waals surface area (Å²) in [6.45, 7) is 0. The van der Waals surface area contributed by atoms with Crippen molar-refractivity contribution >= 4 is 22.4 Å². The fourth-order valence-electron chi connectivity index (χ4n) is 2.91. The molecule has 5 heteroatoms. The second-order valence-electron chi connectivity index (χ2n) is 5.84. The van der Waals surface area contributed by atoms with Crippen molar-refractivity contribution in [2.75, 3.05) is 19.1 Å². The summed E-state index contributed by atoms with van der Waals surface area (Å²) >= 11 is 1.67. The van der Waals surface area contributed by atoms with Gasteiger partial charge in [0, 0.05) is 18.3 Å². The number of aryl methyl sites for hydroxylation is 3. The Labute approximate surface area is 141 Å². The molecule has 0 bridgehead atoms. The van der Waals surface area contributed by atoms with Crippen LogP contribution in [0.1, 0.15) is 35.4 Å². The summed E-state index contributed by atoms with van der Waals surface area (Å²) in [6, 6.07) is 7.85. The van der Waals surface area contributed by atoms with Crippen LogP contribution < -0.4 is 9.64 Å². The number of rotatable bonds is 5. The maximum Gasteiger partial charge on any atom is 0.228 e. The topological polar surface area (TPSA) is 42.4 Å². The number of hydrogen-bond donors (Lipinski definition) is 0. The Kier molecular flexibility index (Phi) is 4.96. The van der Waals surface area contributed by atoms with Crippen LogP contribution >= 0.6 is 11.3 Å². The highest BCUT2D eigenvalue weighted by Gasteiger charge is 2.20. The maximum atomic E-state index is 12.5. The minimum atomic E-state index is 0.0991. The van der Waals surface area contributed by atoms with Crippen LogP contribution in [0.3, 0.4) is 0 Å². The summed E-state index contributed by atoms with van der Waals surface area (Å²) in [5, 5.41) is 0.835. The van der Waals surface area contributed by atoms with E-state index < -0.39 is 0 Å². The molecule has 0 N–H and O–H groups in total. The third-order valence-corrected chi connectivity index (χ3v) is 5.53. The van der Waals surface area contributed by atoms with Gasteiger partial charge in [0.1, 0.15) is 5.75 Å². The van der Waals surface area contributed by atoms with E-state index in [2.05, 4.69) is 4.98 Å². The van der Waals surface area contributed by atoms with E-state index in [0.717, 1.165) is 29.3 Å². The van der Waals surface area contributed by atoms with Gasteiger partial charge in [-0.05, 0) is 43.7 Å². The molecule has 0 unspecified atom stereocenters. The number of carbonyl (C=O) groups is 1. The predicted octanol–water partition coefficient (Wildman–Crippen LogP) is 3.63. The first-order valence-corrected chi connectivity index (χ1v) is 8.87. The minimum Gasteiger partial charge on any atom is -0.496 e. The van der Waals surface area contributed by atoms with Crippen molar-refractivity contribution in [3.05, 3.63) is 40.4 Å². The van der Waals surface area contributed by atoms with E-state index >= 15 is 0 Å². The molecule has 1 amide bonds. The fourth-order valence-corrected chi connectivity index (χ4v) is 4.03. The van der Waals surface area contributed by atoms with Crippen molar-refractivity contribution in [2.45, 2.75) is 38.5 Å². The number of nitrogens with zero attached hydrogens (tertiary/aromatic N) is 2. The first-order valence-electron chi connectivity index (χ1n) is 8.06. The van der Waals surface area contributed by atoms with Crippen LogP contribution in [0.25, 0.3) is 0 Å². The second-order valence-corrected chi connectivity index (χ2v) is 6.90. The molecule has 0 fully saturated rings. The maximum absolute atomic E-state index is 12.5. The van der Waals surface area contributed by atoms with Crippen molar-refractivity contribution in [2.24, 2.45) is 0 Å². The van der Waals surface area contributed by atoms with E-state index in [1.54, 1.807) is 23.3 Å². The van der Waals surface area contributed by atoms with Crippen LogP contribution in [0.2, 0.25) is 0 Å². The molecule has 0 spiro atoms. The smallest absolute Gasteiger partial charge is 0.228 e. The van der Waals surface area contributed by atoms with Crippen molar-refractivity contribution in [3.8, 4) is 5.75 Å². The summed E-state index contributed by atoms with van der Waals surface area (Å²) in [5.41, 5.74) is 2.26. The molecule has 0 aliphatic heterocycles. The van der Waals surface area contributed by atoms with Gasteiger partial charge in [-0.25, -0.2) is 4.98 Å². The molecular weight excluding hydrogens is 308 g/mol. The number of methoxy groups -OCH3 is 1. The zero-order valence-corrected chi connectivity index (χ0v) is 14.5. The van der Waals surface area contributed by atoms with E-state index in [9.17, 15) is 4.79 Å². The average molecular weight is 330 g/mol. The molecule has 0 radical (unpaired) electrons. The normalized spacial score (nSPS) is 13.5. The standard InChI is InChI=1S/C18H22N2O2S/c1-20(18-19-14-8-4-6-10-16(14)23-18)17(21)12-11-13-7-3-5-9-15(13)22-2/h3,5,7,9H,4,6,8,10-12H2,1-2H3. The number of benzene rings is 1. The molecule has 4 nitrogen and oxygen atoms in total. The van der Waals surface area contributed by atoms with E-state index in [1.807, 2.05) is 31.3 Å². The number of hydrogen-bond acceptors (Lipinski definition) is 4. The van der Waals surface area contributed by atoms with Gasteiger partial charge < -0.3 is 4.74 Å². The predicted molar refractivity (Wildman–Crippen MR) is 93.5 cm³/mol. The number of amides is 1. The van der Waals surface area contributed by atoms with Crippen LogP contribution in [0.15, 0.2) is 24.3 Å². The molecule has 0 atom stereocenters. The first-order chi connectivity index (χ1) is 11.2. The van der Waals surface area contributed by atoms with E-state index in [1.165, 1.54) is 23.4 Å². The van der Waals surface area contributed by atoms with E-state index in [4.69, 9.17) is 4.74 Å². The number of ether oxygens (including phenoxy) is 1. The number of thiazole rings is 1. The molecule has 1 aromatic carbocycles. The Morgan fingerprint density at radius 3 is 2.87 bits per heavy atom. The Balaban J connectivity index is 1.64. The molecule has 0 saturated heterocycles. The Morgan fingerprint density at radius 2 is 2.09 bits per heavy atom. The molecule has 1 aromatic heterocycles. The molecule has 0 saturated carbocycles. The van der Waals surface area contributed by atoms with Gasteiger partial charge in [0.2, 0.25) is 5.91 Å². The molecule has 1 heterocycles. The highest BCUT2D eigenvalue weighted by atomic mass is 32.1. The van der Waals surface area contributed by atoms with Crippen LogP contribution in [0.5, 0.6) is 5.75 Å². The van der Waals surface area contributed by atoms with Crippen LogP contribution in [-0.2, 0) is 24.1 Å². The molecule has 2 aromatic rings. The number of para-hydroxylation sites is 1. The molecular formula is C18H22N2O2S. The van der Waals surface area contributed by atoms with Crippen LogP contribution in [-0.4, -0.2) is 25.0 Å². The van der Waals surface area contributed by atoms with Gasteiger partial charge in [0.15, 0.2) is 5.13 Å². The largest absolute Gasteiger partial charge is 0.496 e. The lowest BCUT2D eigenvalue weighted by Crippen LogP contribution is -2.26. The zero-order valence-electron chi connectivity index (χ0n) is 13.7. The lowest BCUT2D eigenvalue weighted by atomic mass is 10.0. The van der Waals surface area contributed by atoms with Crippen LogP contribution in [0.4, 0.5) is 5.13 Å². The highest BCUT2D eigenvalue weighted by Crippen LogP contribution is 2.31. The number of anilines is 1. The van der Waals surface area contributed by atoms with Crippen molar-refractivity contribution in [3.63, 3.8) is 0 Å². The molecule has 3 rings (SSSR count). The summed E-state index contributed by atoms with van der Waals surface area (Å²) < 4.78 is 5.34. The van der Waals surface area contributed by atoms with Gasteiger partial charge in [-0.15, -0.1) is 11.3 Å². The highest BCUT2D eigenvalue weighted by molar-refractivity contribution is 7.15. The van der Waals surface area contributed by atoms with Gasteiger partial charge in [-0.3, -0.25) is 9.69 Å². The summed E-state index contributed by atoms with van der Waals surface area (Å²) in [5.74, 6) is 0.940. The lowest BCUT2D eigenvalue weighted by molar-refractivity contribution is -0.118. The van der Waals surface area contributed by atoms with Crippen LogP contribution in [0, 0.1) is 0 Å².